The molecular formula is C19H21N3O4S. The monoisotopic (exact) mass is 387 g/mol. The van der Waals surface area contributed by atoms with Crippen LogP contribution in [0.4, 0.5) is 0 Å². The maximum atomic E-state index is 12.9. The summed E-state index contributed by atoms with van der Waals surface area (Å²) in [6.45, 7) is -0.0138. The van der Waals surface area contributed by atoms with Crippen LogP contribution in [0.3, 0.4) is 0 Å². The molecule has 142 valence electrons. The molecular weight excluding hydrogens is 366 g/mol. The zero-order valence-electron chi connectivity index (χ0n) is 15.1. The Labute approximate surface area is 158 Å². The highest BCUT2D eigenvalue weighted by molar-refractivity contribution is 7.89. The van der Waals surface area contributed by atoms with Crippen molar-refractivity contribution >= 4 is 10.0 Å². The number of benzene rings is 2. The number of nitrogens with one attached hydrogen (secondary N) is 1. The third-order valence-electron chi connectivity index (χ3n) is 4.00. The third-order valence-corrected chi connectivity index (χ3v) is 5.43. The highest BCUT2D eigenvalue weighted by atomic mass is 32.2. The van der Waals surface area contributed by atoms with Crippen LogP contribution in [0.1, 0.15) is 0 Å². The Balaban J connectivity index is 2.03. The molecule has 1 aromatic heterocycles. The minimum Gasteiger partial charge on any atom is -0.355 e. The number of rotatable bonds is 8. The fourth-order valence-electron chi connectivity index (χ4n) is 2.58. The first-order chi connectivity index (χ1) is 13.0. The maximum absolute atomic E-state index is 12.9. The summed E-state index contributed by atoms with van der Waals surface area (Å²) in [6.07, 6.45) is 0.832. The van der Waals surface area contributed by atoms with Crippen LogP contribution in [0.25, 0.3) is 16.9 Å². The van der Waals surface area contributed by atoms with E-state index in [0.717, 1.165) is 5.69 Å². The van der Waals surface area contributed by atoms with Crippen LogP contribution >= 0.6 is 0 Å². The van der Waals surface area contributed by atoms with Gasteiger partial charge in [-0.1, -0.05) is 48.5 Å². The largest absolute Gasteiger partial charge is 0.355 e. The highest BCUT2D eigenvalue weighted by Gasteiger charge is 2.25. The van der Waals surface area contributed by atoms with Gasteiger partial charge in [-0.25, -0.2) is 17.8 Å². The van der Waals surface area contributed by atoms with Gasteiger partial charge in [0.25, 0.3) is 0 Å². The molecule has 0 amide bonds. The zero-order chi connectivity index (χ0) is 19.3. The molecule has 1 heterocycles. The van der Waals surface area contributed by atoms with Crippen molar-refractivity contribution in [1.29, 1.82) is 0 Å². The Morgan fingerprint density at radius 3 is 2.19 bits per heavy atom. The first-order valence-electron chi connectivity index (χ1n) is 8.31. The topological polar surface area (TPSA) is 82.5 Å². The molecule has 0 atom stereocenters. The molecule has 0 radical (unpaired) electrons. The van der Waals surface area contributed by atoms with Gasteiger partial charge in [-0.05, 0) is 12.1 Å². The second-order valence-corrected chi connectivity index (χ2v) is 7.48. The molecule has 27 heavy (non-hydrogen) atoms. The number of ether oxygens (including phenoxy) is 2. The van der Waals surface area contributed by atoms with E-state index in [2.05, 4.69) is 9.82 Å². The van der Waals surface area contributed by atoms with Crippen LogP contribution < -0.4 is 4.72 Å². The van der Waals surface area contributed by atoms with Gasteiger partial charge in [-0.3, -0.25) is 0 Å². The number of sulfonamides is 1. The van der Waals surface area contributed by atoms with Gasteiger partial charge in [0.15, 0.2) is 6.29 Å². The van der Waals surface area contributed by atoms with E-state index >= 15 is 0 Å². The molecule has 3 rings (SSSR count). The first kappa shape index (κ1) is 19.2. The molecule has 0 saturated heterocycles. The zero-order valence-corrected chi connectivity index (χ0v) is 15.9. The van der Waals surface area contributed by atoms with Crippen molar-refractivity contribution in [1.82, 2.24) is 14.5 Å². The second kappa shape index (κ2) is 8.45. The van der Waals surface area contributed by atoms with Crippen LogP contribution in [-0.2, 0) is 19.5 Å². The van der Waals surface area contributed by atoms with Crippen molar-refractivity contribution in [2.45, 2.75) is 11.2 Å². The summed E-state index contributed by atoms with van der Waals surface area (Å²) in [7, 11) is -0.935. The summed E-state index contributed by atoms with van der Waals surface area (Å²) < 4.78 is 40.0. The van der Waals surface area contributed by atoms with Gasteiger partial charge < -0.3 is 9.47 Å². The Kier molecular flexibility index (Phi) is 6.02. The van der Waals surface area contributed by atoms with Gasteiger partial charge in [-0.2, -0.15) is 5.10 Å². The van der Waals surface area contributed by atoms with E-state index < -0.39 is 16.3 Å². The van der Waals surface area contributed by atoms with Crippen LogP contribution in [0.15, 0.2) is 71.8 Å². The molecule has 0 aliphatic heterocycles. The molecule has 8 heteroatoms. The van der Waals surface area contributed by atoms with Crippen molar-refractivity contribution < 1.29 is 17.9 Å². The third kappa shape index (κ3) is 4.42. The van der Waals surface area contributed by atoms with Gasteiger partial charge >= 0.3 is 0 Å². The van der Waals surface area contributed by atoms with Crippen molar-refractivity contribution in [2.24, 2.45) is 0 Å². The van der Waals surface area contributed by atoms with Crippen molar-refractivity contribution in [2.75, 3.05) is 20.8 Å². The van der Waals surface area contributed by atoms with Gasteiger partial charge in [0, 0.05) is 19.8 Å². The minimum absolute atomic E-state index is 0.0138. The van der Waals surface area contributed by atoms with Gasteiger partial charge in [0.05, 0.1) is 18.4 Å². The quantitative estimate of drug-likeness (QED) is 0.601. The lowest BCUT2D eigenvalue weighted by Crippen LogP contribution is -2.34. The predicted octanol–water partition coefficient (Wildman–Crippen LogP) is 2.44. The number of aromatic nitrogens is 2. The average Bonchev–Trinajstić information content (AvgIpc) is 3.17. The maximum Gasteiger partial charge on any atom is 0.244 e. The molecule has 0 bridgehead atoms. The average molecular weight is 387 g/mol. The summed E-state index contributed by atoms with van der Waals surface area (Å²) in [5.41, 5.74) is 1.85. The lowest BCUT2D eigenvalue weighted by molar-refractivity contribution is -0.0960. The Morgan fingerprint density at radius 1 is 1.00 bits per heavy atom. The van der Waals surface area contributed by atoms with Crippen LogP contribution in [-0.4, -0.2) is 45.3 Å². The van der Waals surface area contributed by atoms with E-state index in [4.69, 9.17) is 9.47 Å². The molecule has 0 unspecified atom stereocenters. The number of nitrogens with zero attached hydrogens (tertiary/aromatic N) is 2. The molecule has 3 aromatic rings. The van der Waals surface area contributed by atoms with E-state index in [-0.39, 0.29) is 11.4 Å². The molecule has 0 aliphatic carbocycles. The van der Waals surface area contributed by atoms with E-state index in [1.165, 1.54) is 20.4 Å². The SMILES string of the molecule is COC(CNS(=O)(=O)c1cn(-c2ccccc2)nc1-c1ccccc1)OC. The van der Waals surface area contributed by atoms with Crippen LogP contribution in [0.2, 0.25) is 0 Å². The Bertz CT molecular complexity index is 969. The van der Waals surface area contributed by atoms with E-state index in [0.29, 0.717) is 11.3 Å². The molecule has 1 N–H and O–H groups in total. The molecule has 0 saturated carbocycles. The van der Waals surface area contributed by atoms with Crippen LogP contribution in [0, 0.1) is 0 Å². The summed E-state index contributed by atoms with van der Waals surface area (Å²) >= 11 is 0. The molecule has 0 spiro atoms. The summed E-state index contributed by atoms with van der Waals surface area (Å²) in [5, 5.41) is 4.52. The normalized spacial score (nSPS) is 11.8. The second-order valence-electron chi connectivity index (χ2n) is 5.74. The standard InChI is InChI=1S/C19H21N3O4S/c1-25-18(26-2)13-20-27(23,24)17-14-22(16-11-7-4-8-12-16)21-19(17)15-9-5-3-6-10-15/h3-12,14,18,20H,13H2,1-2H3. The molecule has 0 aliphatic rings. The smallest absolute Gasteiger partial charge is 0.244 e. The summed E-state index contributed by atoms with van der Waals surface area (Å²) in [4.78, 5) is 0.0866. The van der Waals surface area contributed by atoms with Crippen molar-refractivity contribution in [3.63, 3.8) is 0 Å². The van der Waals surface area contributed by atoms with Crippen molar-refractivity contribution in [3.05, 3.63) is 66.9 Å². The fourth-order valence-corrected chi connectivity index (χ4v) is 3.74. The number of methoxy groups -OCH3 is 2. The lowest BCUT2D eigenvalue weighted by atomic mass is 10.2. The summed E-state index contributed by atoms with van der Waals surface area (Å²) in [5.74, 6) is 0. The highest BCUT2D eigenvalue weighted by Crippen LogP contribution is 2.27. The lowest BCUT2D eigenvalue weighted by Gasteiger charge is -2.14. The van der Waals surface area contributed by atoms with Gasteiger partial charge in [0.2, 0.25) is 10.0 Å². The van der Waals surface area contributed by atoms with E-state index in [1.54, 1.807) is 4.68 Å². The Hall–Kier alpha value is -2.52. The van der Waals surface area contributed by atoms with Gasteiger partial charge in [-0.15, -0.1) is 0 Å². The Morgan fingerprint density at radius 2 is 1.59 bits per heavy atom. The van der Waals surface area contributed by atoms with E-state index in [1.807, 2.05) is 60.7 Å². The molecule has 2 aromatic carbocycles. The minimum atomic E-state index is -3.83. The summed E-state index contributed by atoms with van der Waals surface area (Å²) in [6, 6.07) is 18.5. The predicted molar refractivity (Wildman–Crippen MR) is 102 cm³/mol. The number of hydrogen-bond donors (Lipinski definition) is 1. The number of para-hydroxylation sites is 1. The van der Waals surface area contributed by atoms with Crippen LogP contribution in [0.5, 0.6) is 0 Å². The first-order valence-corrected chi connectivity index (χ1v) is 9.79. The fraction of sp³-hybridized carbons (Fsp3) is 0.211. The van der Waals surface area contributed by atoms with E-state index in [9.17, 15) is 8.42 Å². The van der Waals surface area contributed by atoms with Crippen molar-refractivity contribution in [3.8, 4) is 16.9 Å². The number of hydrogen-bond acceptors (Lipinski definition) is 5. The van der Waals surface area contributed by atoms with Gasteiger partial charge in [0.1, 0.15) is 10.6 Å². The molecule has 0 fully saturated rings. The molecule has 7 nitrogen and oxygen atoms in total.